The van der Waals surface area contributed by atoms with E-state index in [9.17, 15) is 0 Å². The van der Waals surface area contributed by atoms with Crippen molar-refractivity contribution in [3.05, 3.63) is 130 Å². The fourth-order valence-electron chi connectivity index (χ4n) is 8.21. The minimum atomic E-state index is -5.38. The summed E-state index contributed by atoms with van der Waals surface area (Å²) in [6.45, 7) is 18.0. The summed E-state index contributed by atoms with van der Waals surface area (Å²) in [5.74, 6) is 0. The molecule has 0 heterocycles. The number of hydrogen-bond donors (Lipinski definition) is 0. The van der Waals surface area contributed by atoms with Gasteiger partial charge in [-0.3, -0.25) is 0 Å². The summed E-state index contributed by atoms with van der Waals surface area (Å²) in [5.41, 5.74) is 9.81. The molecule has 6 rings (SSSR count). The van der Waals surface area contributed by atoms with Crippen molar-refractivity contribution in [2.24, 2.45) is 0 Å². The number of allylic oxidation sites excluding steroid dienone is 4. The number of rotatable bonds is 4. The molecule has 238 valence electrons. The van der Waals surface area contributed by atoms with E-state index < -0.39 is 18.3 Å². The van der Waals surface area contributed by atoms with Gasteiger partial charge in [-0.2, -0.15) is 0 Å². The second-order valence-electron chi connectivity index (χ2n) is 15.5. The molecule has 0 saturated heterocycles. The third-order valence-electron chi connectivity index (χ3n) is 10.6. The summed E-state index contributed by atoms with van der Waals surface area (Å²) in [6, 6.07) is 19.8. The van der Waals surface area contributed by atoms with E-state index in [1.807, 2.05) is 12.1 Å². The van der Waals surface area contributed by atoms with E-state index in [1.54, 1.807) is 0 Å². The van der Waals surface area contributed by atoms with Crippen molar-refractivity contribution < 1.29 is 18.3 Å². The predicted molar refractivity (Wildman–Crippen MR) is 202 cm³/mol. The normalized spacial score (nSPS) is 14.8. The number of halogens is 4. The van der Waals surface area contributed by atoms with E-state index in [4.69, 9.17) is 50.6 Å². The molecule has 0 aromatic heterocycles. The summed E-state index contributed by atoms with van der Waals surface area (Å²) in [6.07, 6.45) is 8.36. The average Bonchev–Trinajstić information content (AvgIpc) is 3.64. The molecule has 0 atom stereocenters. The molecule has 0 spiro atoms. The summed E-state index contributed by atoms with van der Waals surface area (Å²) in [5, 5.41) is 2.50. The Labute approximate surface area is 296 Å². The van der Waals surface area contributed by atoms with Crippen molar-refractivity contribution in [1.82, 2.24) is 0 Å². The van der Waals surface area contributed by atoms with Crippen molar-refractivity contribution in [2.45, 2.75) is 79.1 Å². The third kappa shape index (κ3) is 5.06. The molecule has 0 aliphatic heterocycles. The van der Waals surface area contributed by atoms with Crippen molar-refractivity contribution in [1.29, 1.82) is 0 Å². The van der Waals surface area contributed by atoms with Crippen LogP contribution in [0.25, 0.3) is 11.1 Å². The van der Waals surface area contributed by atoms with Crippen molar-refractivity contribution >= 4 is 60.4 Å². The standard InChI is InChI=1S/C21H25.2C7H5Cl2.C5H5.CH2.Zr/c1-20(2,3)16-7-9-18-14(12-16)11-15-13-17(21(4,5)6)8-10-19(15)18;2*1-5-2-3-6(8)4-7(5)9;1-2-4-5-3-1;;/h7-10,12H,11H2,1-6H3;2*3-4H,1H3;1-3H,4H2;1H2;. The molecule has 0 fully saturated rings. The van der Waals surface area contributed by atoms with E-state index in [-0.39, 0.29) is 10.8 Å². The van der Waals surface area contributed by atoms with Crippen molar-refractivity contribution in [2.75, 3.05) is 0 Å². The van der Waals surface area contributed by atoms with Crippen molar-refractivity contribution in [3.63, 3.8) is 0 Å². The maximum atomic E-state index is 7.09. The average molecular weight is 768 g/mol. The predicted octanol–water partition coefficient (Wildman–Crippen LogP) is 11.3. The monoisotopic (exact) mass is 764 g/mol. The number of hydrogen-bond acceptors (Lipinski definition) is 0. The van der Waals surface area contributed by atoms with Gasteiger partial charge in [-0.05, 0) is 0 Å². The SMILES string of the molecule is [CH2]=[Zr]([C]1=CC=CC1)([c]1cc(Cl)cc(Cl)c1C)([c]1cc(Cl)cc(Cl)c1C)[c]1c(C(C)(C)C)ccc2c1Cc1cc(C(C)(C)C)ccc1-2. The molecule has 2 aliphatic carbocycles. The maximum absolute atomic E-state index is 7.09. The van der Waals surface area contributed by atoms with Gasteiger partial charge in [0.05, 0.1) is 0 Å². The van der Waals surface area contributed by atoms with Crippen LogP contribution in [-0.4, -0.2) is 4.21 Å². The molecule has 0 N–H and O–H groups in total. The van der Waals surface area contributed by atoms with Crippen LogP contribution in [0.15, 0.2) is 76.1 Å². The zero-order valence-corrected chi connectivity index (χ0v) is 33.5. The zero-order valence-electron chi connectivity index (χ0n) is 28.1. The molecular weight excluding hydrogens is 725 g/mol. The molecule has 0 nitrogen and oxygen atoms in total. The van der Waals surface area contributed by atoms with E-state index in [2.05, 4.69) is 116 Å². The Morgan fingerprint density at radius 2 is 1.26 bits per heavy atom. The van der Waals surface area contributed by atoms with Crippen LogP contribution in [0.2, 0.25) is 20.1 Å². The van der Waals surface area contributed by atoms with E-state index in [1.165, 1.54) is 39.9 Å². The quantitative estimate of drug-likeness (QED) is 0.171. The molecule has 0 radical (unpaired) electrons. The van der Waals surface area contributed by atoms with Gasteiger partial charge in [0.15, 0.2) is 0 Å². The Hall–Kier alpha value is -1.73. The van der Waals surface area contributed by atoms with Gasteiger partial charge >= 0.3 is 298 Å². The van der Waals surface area contributed by atoms with Crippen molar-refractivity contribution in [3.8, 4) is 11.1 Å². The fourth-order valence-corrected chi connectivity index (χ4v) is 28.9. The minimum absolute atomic E-state index is 0.0450. The van der Waals surface area contributed by atoms with E-state index in [0.717, 1.165) is 30.5 Å². The van der Waals surface area contributed by atoms with Crippen LogP contribution in [0.4, 0.5) is 0 Å². The first-order chi connectivity index (χ1) is 21.4. The van der Waals surface area contributed by atoms with Crippen LogP contribution in [0.3, 0.4) is 0 Å². The molecule has 2 aliphatic rings. The molecule has 4 aromatic rings. The Kier molecular flexibility index (Phi) is 8.48. The summed E-state index contributed by atoms with van der Waals surface area (Å²) in [4.78, 5) is 0. The Balaban J connectivity index is 1.91. The van der Waals surface area contributed by atoms with Gasteiger partial charge in [-0.25, -0.2) is 0 Å². The van der Waals surface area contributed by atoms with Gasteiger partial charge < -0.3 is 0 Å². The van der Waals surface area contributed by atoms with Crippen LogP contribution in [-0.2, 0) is 35.5 Å². The van der Waals surface area contributed by atoms with Crippen LogP contribution in [0.1, 0.15) is 81.3 Å². The molecule has 0 amide bonds. The zero-order chi connectivity index (χ0) is 33.6. The van der Waals surface area contributed by atoms with Gasteiger partial charge in [-0.15, -0.1) is 0 Å². The van der Waals surface area contributed by atoms with Gasteiger partial charge in [0.2, 0.25) is 0 Å². The summed E-state index contributed by atoms with van der Waals surface area (Å²) in [7, 11) is 0. The number of benzene rings is 4. The summed E-state index contributed by atoms with van der Waals surface area (Å²) < 4.78 is 10.7. The Morgan fingerprint density at radius 1 is 0.696 bits per heavy atom. The Bertz CT molecular complexity index is 2020. The summed E-state index contributed by atoms with van der Waals surface area (Å²) >= 11 is 22.8. The molecule has 4 aromatic carbocycles. The first kappa shape index (κ1) is 34.1. The van der Waals surface area contributed by atoms with E-state index >= 15 is 0 Å². The third-order valence-corrected chi connectivity index (χ3v) is 28.7. The topological polar surface area (TPSA) is 0 Å². The van der Waals surface area contributed by atoms with Crippen LogP contribution >= 0.6 is 46.4 Å². The molecule has 5 heteroatoms. The van der Waals surface area contributed by atoms with Crippen LogP contribution in [0, 0.1) is 13.8 Å². The van der Waals surface area contributed by atoms with Crippen LogP contribution in [0.5, 0.6) is 0 Å². The van der Waals surface area contributed by atoms with Gasteiger partial charge in [0, 0.05) is 0 Å². The molecule has 46 heavy (non-hydrogen) atoms. The van der Waals surface area contributed by atoms with Crippen LogP contribution < -0.4 is 9.81 Å². The molecule has 0 saturated carbocycles. The Morgan fingerprint density at radius 3 is 1.76 bits per heavy atom. The fraction of sp³-hybridized carbons (Fsp3) is 0.293. The van der Waals surface area contributed by atoms with Gasteiger partial charge in [0.25, 0.3) is 0 Å². The second-order valence-corrected chi connectivity index (χ2v) is 29.8. The van der Waals surface area contributed by atoms with Gasteiger partial charge in [-0.1, -0.05) is 0 Å². The molecule has 0 bridgehead atoms. The first-order valence-corrected chi connectivity index (χ1v) is 24.2. The van der Waals surface area contributed by atoms with E-state index in [0.29, 0.717) is 20.1 Å². The molecule has 0 unspecified atom stereocenters. The first-order valence-electron chi connectivity index (χ1n) is 16.0. The second kappa shape index (κ2) is 11.4. The molecular formula is C41H42Cl4Zr. The number of fused-ring (bicyclic) bond motifs is 3. The van der Waals surface area contributed by atoms with Gasteiger partial charge in [0.1, 0.15) is 0 Å².